The van der Waals surface area contributed by atoms with E-state index in [1.54, 1.807) is 0 Å². The van der Waals surface area contributed by atoms with Gasteiger partial charge in [0, 0.05) is 5.69 Å². The lowest BCUT2D eigenvalue weighted by molar-refractivity contribution is 0.0678. The van der Waals surface area contributed by atoms with Gasteiger partial charge in [-0.3, -0.25) is 19.6 Å². The Kier molecular flexibility index (Phi) is 4.86. The lowest BCUT2D eigenvalue weighted by atomic mass is 10.2. The Morgan fingerprint density at radius 3 is 2.63 bits per heavy atom. The first-order valence-electron chi connectivity index (χ1n) is 7.36. The summed E-state index contributed by atoms with van der Waals surface area (Å²) in [7, 11) is -4.90. The molecule has 0 aliphatic carbocycles. The van der Waals surface area contributed by atoms with Crippen molar-refractivity contribution in [2.75, 3.05) is 11.1 Å². The molecular weight excluding hydrogens is 379 g/mol. The topological polar surface area (TPSA) is 193 Å². The molecule has 3 rings (SSSR count). The molecule has 2 aromatic heterocycles. The molecule has 0 saturated carbocycles. The first-order chi connectivity index (χ1) is 12.7. The van der Waals surface area contributed by atoms with Crippen molar-refractivity contribution in [1.29, 1.82) is 0 Å². The number of anilines is 2. The number of carbonyl (C=O) groups is 1. The molecule has 27 heavy (non-hydrogen) atoms. The van der Waals surface area contributed by atoms with Crippen molar-refractivity contribution in [1.82, 2.24) is 19.9 Å². The number of nitrogens with two attached hydrogens (primary N) is 1. The number of hydrogen-bond acceptors (Lipinski definition) is 9. The van der Waals surface area contributed by atoms with Crippen molar-refractivity contribution in [3.8, 4) is 0 Å². The number of carbonyl (C=O) groups excluding carboxylic acids is 1. The Labute approximate surface area is 150 Å². The number of nitrogens with one attached hydrogen (secondary N) is 2. The predicted octanol–water partition coefficient (Wildman–Crippen LogP) is 0.157. The fourth-order valence-corrected chi connectivity index (χ4v) is 2.46. The Bertz CT molecular complexity index is 1110. The fraction of sp³-hybridized carbons (Fsp3) is 0.0714. The van der Waals surface area contributed by atoms with Crippen LogP contribution >= 0.6 is 7.82 Å². The van der Waals surface area contributed by atoms with Crippen LogP contribution in [0.25, 0.3) is 11.2 Å². The average Bonchev–Trinajstić information content (AvgIpc) is 2.59. The molecule has 3 aromatic rings. The van der Waals surface area contributed by atoms with E-state index in [0.717, 1.165) is 0 Å². The molecule has 140 valence electrons. The highest BCUT2D eigenvalue weighted by atomic mass is 31.2. The summed E-state index contributed by atoms with van der Waals surface area (Å²) in [6.07, 6.45) is 1.44. The Hall–Kier alpha value is -3.34. The zero-order valence-corrected chi connectivity index (χ0v) is 14.4. The molecule has 12 nitrogen and oxygen atoms in total. The third-order valence-corrected chi connectivity index (χ3v) is 3.69. The van der Waals surface area contributed by atoms with Gasteiger partial charge in [-0.1, -0.05) is 0 Å². The van der Waals surface area contributed by atoms with Crippen molar-refractivity contribution in [2.24, 2.45) is 0 Å². The maximum Gasteiger partial charge on any atom is 0.527 e. The number of nitrogen functional groups attached to an aromatic ring is 1. The Morgan fingerprint density at radius 1 is 1.26 bits per heavy atom. The molecule has 0 unspecified atom stereocenters. The number of hydrogen-bond donors (Lipinski definition) is 5. The summed E-state index contributed by atoms with van der Waals surface area (Å²) >= 11 is 0. The maximum absolute atomic E-state index is 11.8. The number of benzene rings is 1. The number of nitrogens with zero attached hydrogens (tertiary/aromatic N) is 3. The summed E-state index contributed by atoms with van der Waals surface area (Å²) in [4.78, 5) is 55.0. The zero-order chi connectivity index (χ0) is 19.6. The third kappa shape index (κ3) is 4.64. The van der Waals surface area contributed by atoms with Crippen molar-refractivity contribution < 1.29 is 23.7 Å². The minimum absolute atomic E-state index is 0.0235. The highest BCUT2D eigenvalue weighted by Gasteiger charge is 2.21. The highest BCUT2D eigenvalue weighted by molar-refractivity contribution is 7.46. The number of rotatable bonds is 5. The summed E-state index contributed by atoms with van der Waals surface area (Å²) in [5, 5.41) is 3.01. The molecule has 1 aromatic carbocycles. The molecule has 0 saturated heterocycles. The van der Waals surface area contributed by atoms with Gasteiger partial charge in [0.1, 0.15) is 0 Å². The van der Waals surface area contributed by atoms with Crippen molar-refractivity contribution >= 4 is 36.6 Å². The molecule has 2 heterocycles. The normalized spacial score (nSPS) is 11.3. The second-order valence-electron chi connectivity index (χ2n) is 5.28. The van der Waals surface area contributed by atoms with E-state index in [9.17, 15) is 14.2 Å². The van der Waals surface area contributed by atoms with E-state index in [4.69, 9.17) is 15.5 Å². The molecule has 0 amide bonds. The first-order valence-corrected chi connectivity index (χ1v) is 8.89. The van der Waals surface area contributed by atoms with Crippen LogP contribution in [0.3, 0.4) is 0 Å². The Morgan fingerprint density at radius 2 is 1.96 bits per heavy atom. The van der Waals surface area contributed by atoms with Crippen LogP contribution in [0.4, 0.5) is 11.6 Å². The van der Waals surface area contributed by atoms with Crippen LogP contribution in [-0.4, -0.2) is 35.7 Å². The minimum Gasteiger partial charge on any atom is -0.379 e. The fourth-order valence-electron chi connectivity index (χ4n) is 2.13. The number of phosphoric acid groups is 1. The smallest absolute Gasteiger partial charge is 0.379 e. The zero-order valence-electron chi connectivity index (χ0n) is 13.5. The van der Waals surface area contributed by atoms with Crippen LogP contribution in [-0.2, 0) is 15.6 Å². The lowest BCUT2D eigenvalue weighted by Crippen LogP contribution is -2.15. The van der Waals surface area contributed by atoms with Crippen molar-refractivity contribution in [3.05, 3.63) is 52.1 Å². The molecule has 0 aliphatic heterocycles. The molecule has 0 radical (unpaired) electrons. The van der Waals surface area contributed by atoms with Crippen LogP contribution in [0.15, 0.2) is 35.3 Å². The van der Waals surface area contributed by atoms with Gasteiger partial charge in [-0.25, -0.2) is 19.3 Å². The van der Waals surface area contributed by atoms with E-state index in [-0.39, 0.29) is 29.2 Å². The van der Waals surface area contributed by atoms with Crippen LogP contribution in [0.5, 0.6) is 0 Å². The Balaban J connectivity index is 1.70. The van der Waals surface area contributed by atoms with Crippen LogP contribution in [0.1, 0.15) is 16.1 Å². The summed E-state index contributed by atoms with van der Waals surface area (Å²) < 4.78 is 14.7. The molecule has 0 fully saturated rings. The van der Waals surface area contributed by atoms with E-state index in [2.05, 4.69) is 29.8 Å². The van der Waals surface area contributed by atoms with Gasteiger partial charge in [0.2, 0.25) is 5.95 Å². The van der Waals surface area contributed by atoms with Gasteiger partial charge < -0.3 is 15.6 Å². The molecular formula is C14H13N6O6P. The van der Waals surface area contributed by atoms with Gasteiger partial charge >= 0.3 is 13.8 Å². The van der Waals surface area contributed by atoms with Gasteiger partial charge in [0.05, 0.1) is 24.0 Å². The average molecular weight is 392 g/mol. The van der Waals surface area contributed by atoms with Gasteiger partial charge in [0.25, 0.3) is 5.56 Å². The van der Waals surface area contributed by atoms with Gasteiger partial charge in [-0.2, -0.15) is 4.98 Å². The van der Waals surface area contributed by atoms with Crippen LogP contribution in [0, 0.1) is 0 Å². The minimum atomic E-state index is -4.90. The van der Waals surface area contributed by atoms with Crippen molar-refractivity contribution in [2.45, 2.75) is 6.54 Å². The SMILES string of the molecule is Nc1nc2ncc(CNc3ccc(C(=O)OP(=O)(O)O)cc3)nc2c(=O)[nH]1. The monoisotopic (exact) mass is 392 g/mol. The second-order valence-corrected chi connectivity index (χ2v) is 6.45. The molecule has 0 aliphatic rings. The summed E-state index contributed by atoms with van der Waals surface area (Å²) in [6, 6.07) is 5.70. The van der Waals surface area contributed by atoms with Gasteiger partial charge in [-0.05, 0) is 24.3 Å². The predicted molar refractivity (Wildman–Crippen MR) is 93.6 cm³/mol. The second kappa shape index (κ2) is 7.11. The molecule has 0 atom stereocenters. The third-order valence-electron chi connectivity index (χ3n) is 3.28. The number of aromatic nitrogens is 4. The van der Waals surface area contributed by atoms with E-state index in [1.807, 2.05) is 0 Å². The van der Waals surface area contributed by atoms with Gasteiger partial charge in [0.15, 0.2) is 11.2 Å². The van der Waals surface area contributed by atoms with E-state index in [1.165, 1.54) is 30.5 Å². The van der Waals surface area contributed by atoms with Crippen molar-refractivity contribution in [3.63, 3.8) is 0 Å². The maximum atomic E-state index is 11.8. The quantitative estimate of drug-likeness (QED) is 0.371. The van der Waals surface area contributed by atoms with E-state index >= 15 is 0 Å². The number of phosphoric ester groups is 1. The number of H-pyrrole nitrogens is 1. The molecule has 0 spiro atoms. The summed E-state index contributed by atoms with van der Waals surface area (Å²) in [5.74, 6) is -1.19. The number of fused-ring (bicyclic) bond motifs is 1. The summed E-state index contributed by atoms with van der Waals surface area (Å²) in [6.45, 7) is 0.221. The van der Waals surface area contributed by atoms with E-state index in [0.29, 0.717) is 11.4 Å². The number of aromatic amines is 1. The lowest BCUT2D eigenvalue weighted by Gasteiger charge is -2.08. The molecule has 0 bridgehead atoms. The standard InChI is InChI=1S/C14H13N6O6P/c15-14-19-11-10(12(21)20-14)18-9(6-17-11)5-16-8-3-1-7(2-4-8)13(22)26-27(23,24)25/h1-4,6,16H,5H2,(H2,23,24,25)(H3,15,17,19,20,21). The van der Waals surface area contributed by atoms with Crippen LogP contribution < -0.4 is 16.6 Å². The van der Waals surface area contributed by atoms with E-state index < -0.39 is 19.4 Å². The molecule has 6 N–H and O–H groups in total. The first kappa shape index (κ1) is 18.5. The highest BCUT2D eigenvalue weighted by Crippen LogP contribution is 2.36. The van der Waals surface area contributed by atoms with Crippen LogP contribution in [0.2, 0.25) is 0 Å². The summed E-state index contributed by atoms with van der Waals surface area (Å²) in [5.41, 5.74) is 6.16. The molecule has 13 heteroatoms. The van der Waals surface area contributed by atoms with Gasteiger partial charge in [-0.15, -0.1) is 0 Å². The largest absolute Gasteiger partial charge is 0.527 e.